The molecule has 0 aliphatic rings. The molecular formula is C20H25FN2O2. The van der Waals surface area contributed by atoms with Crippen LogP contribution in [0.3, 0.4) is 0 Å². The highest BCUT2D eigenvalue weighted by molar-refractivity contribution is 5.75. The average Bonchev–Trinajstić information content (AvgIpc) is 2.60. The number of rotatable bonds is 5. The maximum Gasteiger partial charge on any atom is 0.318 e. The van der Waals surface area contributed by atoms with Crippen LogP contribution in [0.15, 0.2) is 42.5 Å². The lowest BCUT2D eigenvalue weighted by atomic mass is 10.0. The van der Waals surface area contributed by atoms with Gasteiger partial charge in [-0.1, -0.05) is 29.8 Å². The van der Waals surface area contributed by atoms with Crippen LogP contribution in [-0.2, 0) is 0 Å². The van der Waals surface area contributed by atoms with E-state index in [-0.39, 0.29) is 23.9 Å². The molecule has 0 spiro atoms. The largest absolute Gasteiger partial charge is 0.496 e. The molecule has 4 nitrogen and oxygen atoms in total. The van der Waals surface area contributed by atoms with Gasteiger partial charge in [0.1, 0.15) is 11.6 Å². The minimum atomic E-state index is -0.289. The van der Waals surface area contributed by atoms with Crippen molar-refractivity contribution in [3.63, 3.8) is 0 Å². The summed E-state index contributed by atoms with van der Waals surface area (Å²) in [5, 5.41) is 2.99. The molecule has 5 heteroatoms. The SMILES string of the molecule is COc1ccc(C)cc1[C@@H](C)NC(=O)N(C)[C@@H](C)c1ccc(F)cc1. The Labute approximate surface area is 148 Å². The average molecular weight is 344 g/mol. The van der Waals surface area contributed by atoms with Crippen LogP contribution < -0.4 is 10.1 Å². The van der Waals surface area contributed by atoms with E-state index in [4.69, 9.17) is 4.74 Å². The number of amides is 2. The molecule has 25 heavy (non-hydrogen) atoms. The summed E-state index contributed by atoms with van der Waals surface area (Å²) in [5.41, 5.74) is 2.91. The lowest BCUT2D eigenvalue weighted by Crippen LogP contribution is -2.40. The number of benzene rings is 2. The van der Waals surface area contributed by atoms with Crippen LogP contribution >= 0.6 is 0 Å². The first kappa shape index (κ1) is 18.8. The van der Waals surface area contributed by atoms with E-state index in [1.807, 2.05) is 39.0 Å². The minimum absolute atomic E-state index is 0.174. The molecule has 0 radical (unpaired) electrons. The van der Waals surface area contributed by atoms with Crippen molar-refractivity contribution in [2.75, 3.05) is 14.2 Å². The summed E-state index contributed by atoms with van der Waals surface area (Å²) in [7, 11) is 3.34. The second-order valence-electron chi connectivity index (χ2n) is 6.26. The molecule has 2 rings (SSSR count). The highest BCUT2D eigenvalue weighted by Gasteiger charge is 2.21. The second kappa shape index (κ2) is 8.01. The molecule has 2 atom stereocenters. The molecule has 0 aromatic heterocycles. The first-order chi connectivity index (χ1) is 11.8. The summed E-state index contributed by atoms with van der Waals surface area (Å²) in [4.78, 5) is 14.2. The minimum Gasteiger partial charge on any atom is -0.496 e. The van der Waals surface area contributed by atoms with E-state index in [1.54, 1.807) is 31.2 Å². The fraction of sp³-hybridized carbons (Fsp3) is 0.350. The van der Waals surface area contributed by atoms with Crippen LogP contribution in [0.4, 0.5) is 9.18 Å². The normalized spacial score (nSPS) is 13.0. The number of hydrogen-bond donors (Lipinski definition) is 1. The van der Waals surface area contributed by atoms with E-state index in [2.05, 4.69) is 5.32 Å². The van der Waals surface area contributed by atoms with Gasteiger partial charge in [-0.25, -0.2) is 9.18 Å². The molecule has 0 unspecified atom stereocenters. The Morgan fingerprint density at radius 2 is 1.80 bits per heavy atom. The molecule has 0 fully saturated rings. The lowest BCUT2D eigenvalue weighted by molar-refractivity contribution is 0.191. The molecule has 0 aliphatic heterocycles. The number of halogens is 1. The van der Waals surface area contributed by atoms with Crippen molar-refractivity contribution in [2.24, 2.45) is 0 Å². The first-order valence-electron chi connectivity index (χ1n) is 8.26. The van der Waals surface area contributed by atoms with Crippen molar-refractivity contribution < 1.29 is 13.9 Å². The summed E-state index contributed by atoms with van der Waals surface area (Å²) >= 11 is 0. The topological polar surface area (TPSA) is 41.6 Å². The van der Waals surface area contributed by atoms with Gasteiger partial charge in [0, 0.05) is 12.6 Å². The van der Waals surface area contributed by atoms with Crippen LogP contribution in [0.25, 0.3) is 0 Å². The molecule has 0 bridgehead atoms. The Bertz CT molecular complexity index is 731. The molecule has 0 heterocycles. The van der Waals surface area contributed by atoms with Crippen LogP contribution in [0.2, 0.25) is 0 Å². The van der Waals surface area contributed by atoms with Crippen molar-refractivity contribution in [1.29, 1.82) is 0 Å². The van der Waals surface area contributed by atoms with Gasteiger partial charge in [-0.2, -0.15) is 0 Å². The van der Waals surface area contributed by atoms with Crippen molar-refractivity contribution in [2.45, 2.75) is 32.9 Å². The number of methoxy groups -OCH3 is 1. The maximum absolute atomic E-state index is 13.1. The molecule has 0 saturated carbocycles. The Hall–Kier alpha value is -2.56. The first-order valence-corrected chi connectivity index (χ1v) is 8.26. The van der Waals surface area contributed by atoms with E-state index in [0.29, 0.717) is 0 Å². The fourth-order valence-corrected chi connectivity index (χ4v) is 2.70. The van der Waals surface area contributed by atoms with Crippen molar-refractivity contribution in [3.8, 4) is 5.75 Å². The monoisotopic (exact) mass is 344 g/mol. The zero-order valence-corrected chi connectivity index (χ0v) is 15.3. The molecule has 0 saturated heterocycles. The van der Waals surface area contributed by atoms with E-state index in [1.165, 1.54) is 12.1 Å². The number of ether oxygens (including phenoxy) is 1. The Morgan fingerprint density at radius 1 is 1.16 bits per heavy atom. The van der Waals surface area contributed by atoms with Crippen LogP contribution in [0.5, 0.6) is 5.75 Å². The summed E-state index contributed by atoms with van der Waals surface area (Å²) in [5.74, 6) is 0.454. The number of urea groups is 1. The van der Waals surface area contributed by atoms with E-state index in [0.717, 1.165) is 22.4 Å². The van der Waals surface area contributed by atoms with E-state index in [9.17, 15) is 9.18 Å². The third-order valence-electron chi connectivity index (χ3n) is 4.45. The van der Waals surface area contributed by atoms with Gasteiger partial charge in [-0.15, -0.1) is 0 Å². The number of hydrogen-bond acceptors (Lipinski definition) is 2. The molecule has 0 aliphatic carbocycles. The van der Waals surface area contributed by atoms with Gasteiger partial charge in [-0.3, -0.25) is 0 Å². The maximum atomic E-state index is 13.1. The van der Waals surface area contributed by atoms with Gasteiger partial charge in [0.25, 0.3) is 0 Å². The number of aryl methyl sites for hydroxylation is 1. The summed E-state index contributed by atoms with van der Waals surface area (Å²) in [6.07, 6.45) is 0. The lowest BCUT2D eigenvalue weighted by Gasteiger charge is -2.28. The van der Waals surface area contributed by atoms with Crippen molar-refractivity contribution in [1.82, 2.24) is 10.2 Å². The molecular weight excluding hydrogens is 319 g/mol. The highest BCUT2D eigenvalue weighted by Crippen LogP contribution is 2.27. The smallest absolute Gasteiger partial charge is 0.318 e. The van der Waals surface area contributed by atoms with Crippen molar-refractivity contribution in [3.05, 3.63) is 65.0 Å². The third kappa shape index (κ3) is 4.50. The summed E-state index contributed by atoms with van der Waals surface area (Å²) in [6, 6.07) is 11.5. The van der Waals surface area contributed by atoms with Gasteiger partial charge in [-0.05, 0) is 44.5 Å². The number of carbonyl (C=O) groups excluding carboxylic acids is 1. The van der Waals surface area contributed by atoms with Gasteiger partial charge in [0.2, 0.25) is 0 Å². The Kier molecular flexibility index (Phi) is 6.02. The predicted molar refractivity (Wildman–Crippen MR) is 97.3 cm³/mol. The molecule has 1 N–H and O–H groups in total. The molecule has 2 amide bonds. The zero-order valence-electron chi connectivity index (χ0n) is 15.3. The highest BCUT2D eigenvalue weighted by atomic mass is 19.1. The van der Waals surface area contributed by atoms with Gasteiger partial charge in [0.05, 0.1) is 19.2 Å². The number of nitrogens with one attached hydrogen (secondary N) is 1. The van der Waals surface area contributed by atoms with E-state index >= 15 is 0 Å². The van der Waals surface area contributed by atoms with Crippen LogP contribution in [0, 0.1) is 12.7 Å². The van der Waals surface area contributed by atoms with Crippen LogP contribution in [-0.4, -0.2) is 25.1 Å². The van der Waals surface area contributed by atoms with Crippen molar-refractivity contribution >= 4 is 6.03 Å². The molecule has 2 aromatic carbocycles. The summed E-state index contributed by atoms with van der Waals surface area (Å²) < 4.78 is 18.5. The summed E-state index contributed by atoms with van der Waals surface area (Å²) in [6.45, 7) is 5.83. The fourth-order valence-electron chi connectivity index (χ4n) is 2.70. The third-order valence-corrected chi connectivity index (χ3v) is 4.45. The van der Waals surface area contributed by atoms with Gasteiger partial charge in [0.15, 0.2) is 0 Å². The van der Waals surface area contributed by atoms with Gasteiger partial charge >= 0.3 is 6.03 Å². The molecule has 2 aromatic rings. The van der Waals surface area contributed by atoms with Gasteiger partial charge < -0.3 is 15.0 Å². The Morgan fingerprint density at radius 3 is 2.40 bits per heavy atom. The van der Waals surface area contributed by atoms with Crippen LogP contribution in [0.1, 0.15) is 42.6 Å². The quantitative estimate of drug-likeness (QED) is 0.861. The molecule has 134 valence electrons. The Balaban J connectivity index is 2.10. The van der Waals surface area contributed by atoms with E-state index < -0.39 is 0 Å². The zero-order chi connectivity index (χ0) is 18.6. The predicted octanol–water partition coefficient (Wildman–Crippen LogP) is 4.61. The number of carbonyl (C=O) groups is 1. The standard InChI is InChI=1S/C20H25FN2O2/c1-13-6-11-19(25-5)18(12-13)14(2)22-20(24)23(4)15(3)16-7-9-17(21)10-8-16/h6-12,14-15H,1-5H3,(H,22,24)/t14-,15+/m1/s1. The number of nitrogens with zero attached hydrogens (tertiary/aromatic N) is 1. The second-order valence-corrected chi connectivity index (χ2v) is 6.26.